The summed E-state index contributed by atoms with van der Waals surface area (Å²) in [4.78, 5) is 0. The minimum Gasteiger partial charge on any atom is -0.457 e. The molecule has 7 aromatic carbocycles. The van der Waals surface area contributed by atoms with Crippen LogP contribution in [0.5, 0.6) is 11.5 Å². The molecule has 10 rings (SSSR count). The fourth-order valence-corrected chi connectivity index (χ4v) is 8.77. The Balaban J connectivity index is 1.09. The van der Waals surface area contributed by atoms with E-state index in [2.05, 4.69) is 141 Å². The zero-order valence-electron chi connectivity index (χ0n) is 25.4. The minimum atomic E-state index is -0.115. The molecule has 0 spiro atoms. The lowest BCUT2D eigenvalue weighted by atomic mass is 9.75. The normalized spacial score (nSPS) is 13.8. The van der Waals surface area contributed by atoms with Crippen LogP contribution in [0.4, 0.5) is 0 Å². The van der Waals surface area contributed by atoms with Crippen LogP contribution in [0.2, 0.25) is 0 Å². The molecule has 218 valence electrons. The molecule has 0 unspecified atom stereocenters. The number of ether oxygens (including phenoxy) is 1. The van der Waals surface area contributed by atoms with E-state index in [1.807, 2.05) is 17.4 Å². The molecule has 46 heavy (non-hydrogen) atoms. The maximum absolute atomic E-state index is 6.44. The van der Waals surface area contributed by atoms with Crippen LogP contribution in [-0.4, -0.2) is 0 Å². The molecule has 3 heteroatoms. The summed E-state index contributed by atoms with van der Waals surface area (Å²) in [5.74, 6) is 1.89. The SMILES string of the molecule is CC1(C)c2ccccc2Oc2cc(-c3ccc4c(c3)sc3cc(-c5cccc6oc7ccc8ccccc8c7c56)ccc34)ccc21. The molecule has 9 aromatic rings. The first-order valence-corrected chi connectivity index (χ1v) is 16.6. The lowest BCUT2D eigenvalue weighted by Crippen LogP contribution is -2.24. The molecular weight excluding hydrogens is 581 g/mol. The van der Waals surface area contributed by atoms with E-state index in [1.54, 1.807) is 0 Å². The third kappa shape index (κ3) is 3.64. The van der Waals surface area contributed by atoms with Gasteiger partial charge in [-0.15, -0.1) is 11.3 Å². The number of fused-ring (bicyclic) bond motifs is 10. The maximum Gasteiger partial charge on any atom is 0.136 e. The zero-order valence-corrected chi connectivity index (χ0v) is 26.2. The molecule has 2 aromatic heterocycles. The lowest BCUT2D eigenvalue weighted by molar-refractivity contribution is 0.418. The van der Waals surface area contributed by atoms with Crippen molar-refractivity contribution in [3.8, 4) is 33.8 Å². The van der Waals surface area contributed by atoms with Crippen molar-refractivity contribution in [3.63, 3.8) is 0 Å². The number of benzene rings is 7. The molecule has 0 amide bonds. The molecular formula is C43H28O2S. The number of thiophene rings is 1. The highest BCUT2D eigenvalue weighted by Gasteiger charge is 2.34. The van der Waals surface area contributed by atoms with Crippen molar-refractivity contribution < 1.29 is 9.15 Å². The summed E-state index contributed by atoms with van der Waals surface area (Å²) < 4.78 is 15.4. The molecule has 0 aliphatic carbocycles. The van der Waals surface area contributed by atoms with Crippen LogP contribution in [0.25, 0.3) is 75.1 Å². The van der Waals surface area contributed by atoms with E-state index < -0.39 is 0 Å². The van der Waals surface area contributed by atoms with Crippen molar-refractivity contribution in [2.24, 2.45) is 0 Å². The Morgan fingerprint density at radius 2 is 1.20 bits per heavy atom. The summed E-state index contributed by atoms with van der Waals surface area (Å²) in [6.07, 6.45) is 0. The van der Waals surface area contributed by atoms with Crippen molar-refractivity contribution in [2.75, 3.05) is 0 Å². The van der Waals surface area contributed by atoms with Crippen LogP contribution in [-0.2, 0) is 5.41 Å². The van der Waals surface area contributed by atoms with E-state index in [9.17, 15) is 0 Å². The zero-order chi connectivity index (χ0) is 30.6. The molecule has 1 aliphatic rings. The van der Waals surface area contributed by atoms with Crippen LogP contribution in [0.3, 0.4) is 0 Å². The molecule has 0 saturated heterocycles. The number of hydrogen-bond acceptors (Lipinski definition) is 3. The van der Waals surface area contributed by atoms with Crippen LogP contribution >= 0.6 is 11.3 Å². The third-order valence-corrected chi connectivity index (χ3v) is 11.1. The molecule has 0 bridgehead atoms. The first-order valence-electron chi connectivity index (χ1n) is 15.7. The minimum absolute atomic E-state index is 0.115. The predicted molar refractivity (Wildman–Crippen MR) is 194 cm³/mol. The fraction of sp³-hybridized carbons (Fsp3) is 0.0698. The van der Waals surface area contributed by atoms with Crippen molar-refractivity contribution >= 4 is 64.2 Å². The van der Waals surface area contributed by atoms with Gasteiger partial charge in [0.1, 0.15) is 22.7 Å². The van der Waals surface area contributed by atoms with Gasteiger partial charge in [0.2, 0.25) is 0 Å². The van der Waals surface area contributed by atoms with Gasteiger partial charge >= 0.3 is 0 Å². The quantitative estimate of drug-likeness (QED) is 0.195. The second-order valence-electron chi connectivity index (χ2n) is 12.9. The van der Waals surface area contributed by atoms with Crippen molar-refractivity contribution in [3.05, 3.63) is 145 Å². The highest BCUT2D eigenvalue weighted by Crippen LogP contribution is 2.49. The maximum atomic E-state index is 6.44. The van der Waals surface area contributed by atoms with Gasteiger partial charge < -0.3 is 9.15 Å². The van der Waals surface area contributed by atoms with Gasteiger partial charge in [0.25, 0.3) is 0 Å². The Kier molecular flexibility index (Phi) is 5.25. The largest absolute Gasteiger partial charge is 0.457 e. The van der Waals surface area contributed by atoms with Gasteiger partial charge in [-0.1, -0.05) is 111 Å². The second kappa shape index (κ2) is 9.32. The highest BCUT2D eigenvalue weighted by atomic mass is 32.1. The fourth-order valence-electron chi connectivity index (χ4n) is 7.59. The molecule has 0 radical (unpaired) electrons. The average molecular weight is 609 g/mol. The number of hydrogen-bond donors (Lipinski definition) is 0. The Morgan fingerprint density at radius 3 is 2.09 bits per heavy atom. The molecule has 0 fully saturated rings. The van der Waals surface area contributed by atoms with E-state index in [4.69, 9.17) is 9.15 Å². The Bertz CT molecular complexity index is 2710. The van der Waals surface area contributed by atoms with Crippen molar-refractivity contribution in [2.45, 2.75) is 19.3 Å². The van der Waals surface area contributed by atoms with Crippen LogP contribution < -0.4 is 4.74 Å². The first kappa shape index (κ1) is 25.9. The number of furan rings is 1. The van der Waals surface area contributed by atoms with Gasteiger partial charge in [0, 0.05) is 47.5 Å². The van der Waals surface area contributed by atoms with Crippen molar-refractivity contribution in [1.29, 1.82) is 0 Å². The van der Waals surface area contributed by atoms with Gasteiger partial charge in [0.05, 0.1) is 0 Å². The van der Waals surface area contributed by atoms with Gasteiger partial charge in [-0.25, -0.2) is 0 Å². The molecule has 0 saturated carbocycles. The molecule has 1 aliphatic heterocycles. The topological polar surface area (TPSA) is 22.4 Å². The van der Waals surface area contributed by atoms with Crippen LogP contribution in [0, 0.1) is 0 Å². The average Bonchev–Trinajstić information content (AvgIpc) is 3.66. The van der Waals surface area contributed by atoms with E-state index >= 15 is 0 Å². The molecule has 0 N–H and O–H groups in total. The Labute approximate surface area is 270 Å². The van der Waals surface area contributed by atoms with E-state index in [0.717, 1.165) is 22.7 Å². The van der Waals surface area contributed by atoms with Gasteiger partial charge in [-0.3, -0.25) is 0 Å². The summed E-state index contributed by atoms with van der Waals surface area (Å²) in [5.41, 5.74) is 8.95. The smallest absolute Gasteiger partial charge is 0.136 e. The van der Waals surface area contributed by atoms with Crippen LogP contribution in [0.1, 0.15) is 25.0 Å². The second-order valence-corrected chi connectivity index (χ2v) is 14.0. The summed E-state index contributed by atoms with van der Waals surface area (Å²) in [6.45, 7) is 4.56. The lowest BCUT2D eigenvalue weighted by Gasteiger charge is -2.34. The van der Waals surface area contributed by atoms with E-state index in [0.29, 0.717) is 0 Å². The predicted octanol–water partition coefficient (Wildman–Crippen LogP) is 12.9. The van der Waals surface area contributed by atoms with Crippen LogP contribution in [0.15, 0.2) is 138 Å². The monoisotopic (exact) mass is 608 g/mol. The summed E-state index contributed by atoms with van der Waals surface area (Å²) >= 11 is 1.86. The summed E-state index contributed by atoms with van der Waals surface area (Å²) in [6, 6.07) is 48.1. The molecule has 2 nitrogen and oxygen atoms in total. The van der Waals surface area contributed by atoms with Crippen molar-refractivity contribution in [1.82, 2.24) is 0 Å². The molecule has 0 atom stereocenters. The van der Waals surface area contributed by atoms with Gasteiger partial charge in [-0.05, 0) is 69.4 Å². The summed E-state index contributed by atoms with van der Waals surface area (Å²) in [5, 5.41) is 7.39. The summed E-state index contributed by atoms with van der Waals surface area (Å²) in [7, 11) is 0. The Hall–Kier alpha value is -5.38. The van der Waals surface area contributed by atoms with Gasteiger partial charge in [0.15, 0.2) is 0 Å². The van der Waals surface area contributed by atoms with E-state index in [-0.39, 0.29) is 5.41 Å². The molecule has 3 heterocycles. The van der Waals surface area contributed by atoms with E-state index in [1.165, 1.54) is 75.1 Å². The Morgan fingerprint density at radius 1 is 0.500 bits per heavy atom. The third-order valence-electron chi connectivity index (χ3n) is 9.94. The highest BCUT2D eigenvalue weighted by molar-refractivity contribution is 7.25. The number of para-hydroxylation sites is 1. The van der Waals surface area contributed by atoms with Gasteiger partial charge in [-0.2, -0.15) is 0 Å². The standard InChI is InChI=1S/C43H28O2S/c1-43(2)33-11-5-6-12-35(33)44-38-22-26(16-20-34(38)43)27-14-18-31-32-19-15-28(24-40(32)46-39(31)23-27)30-10-7-13-36-42(30)41-29-9-4-3-8-25(29)17-21-37(41)45-36/h3-24H,1-2H3. The number of rotatable bonds is 2. The first-order chi connectivity index (χ1) is 22.5.